The summed E-state index contributed by atoms with van der Waals surface area (Å²) in [5, 5.41) is 7.39. The van der Waals surface area contributed by atoms with Crippen LogP contribution in [-0.4, -0.2) is 24.0 Å². The van der Waals surface area contributed by atoms with Crippen LogP contribution in [0.5, 0.6) is 0 Å². The summed E-state index contributed by atoms with van der Waals surface area (Å²) < 4.78 is 0. The Kier molecular flexibility index (Phi) is 5.08. The molecule has 0 aliphatic heterocycles. The van der Waals surface area contributed by atoms with Gasteiger partial charge in [-0.3, -0.25) is 4.79 Å². The van der Waals surface area contributed by atoms with Crippen molar-refractivity contribution >= 4 is 34.0 Å². The number of aromatic nitrogens is 1. The van der Waals surface area contributed by atoms with Crippen molar-refractivity contribution < 1.29 is 4.79 Å². The largest absolute Gasteiger partial charge is 0.308 e. The monoisotopic (exact) mass is 335 g/mol. The predicted octanol–water partition coefficient (Wildman–Crippen LogP) is 3.33. The van der Waals surface area contributed by atoms with Crippen molar-refractivity contribution in [1.82, 2.24) is 10.3 Å². The average Bonchev–Trinajstić information content (AvgIpc) is 3.21. The molecule has 1 fully saturated rings. The van der Waals surface area contributed by atoms with E-state index in [1.54, 1.807) is 6.20 Å². The molecule has 2 aromatic rings. The van der Waals surface area contributed by atoms with Gasteiger partial charge in [-0.1, -0.05) is 29.8 Å². The number of rotatable bonds is 7. The minimum Gasteiger partial charge on any atom is -0.308 e. The highest BCUT2D eigenvalue weighted by Crippen LogP contribution is 2.27. The molecule has 0 unspecified atom stereocenters. The number of carbonyl (C=O) groups excluding carboxylic acids is 1. The molecule has 116 valence electrons. The van der Waals surface area contributed by atoms with Crippen molar-refractivity contribution in [2.75, 3.05) is 18.4 Å². The lowest BCUT2D eigenvalue weighted by Gasteiger charge is -2.03. The quantitative estimate of drug-likeness (QED) is 0.816. The molecule has 1 aliphatic rings. The molecule has 1 amide bonds. The van der Waals surface area contributed by atoms with Crippen LogP contribution in [0.2, 0.25) is 5.02 Å². The van der Waals surface area contributed by atoms with Gasteiger partial charge in [-0.2, -0.15) is 0 Å². The van der Waals surface area contributed by atoms with Crippen LogP contribution < -0.4 is 10.6 Å². The molecule has 1 aromatic heterocycles. The van der Waals surface area contributed by atoms with Gasteiger partial charge in [0.05, 0.1) is 6.54 Å². The van der Waals surface area contributed by atoms with Crippen molar-refractivity contribution in [3.05, 3.63) is 45.9 Å². The fourth-order valence-electron chi connectivity index (χ4n) is 2.15. The molecule has 6 heteroatoms. The third-order valence-electron chi connectivity index (χ3n) is 3.54. The summed E-state index contributed by atoms with van der Waals surface area (Å²) in [4.78, 5) is 17.1. The van der Waals surface area contributed by atoms with Gasteiger partial charge in [0, 0.05) is 22.5 Å². The topological polar surface area (TPSA) is 54.0 Å². The van der Waals surface area contributed by atoms with Crippen LogP contribution in [0.4, 0.5) is 5.13 Å². The van der Waals surface area contributed by atoms with Crippen LogP contribution >= 0.6 is 22.9 Å². The zero-order chi connectivity index (χ0) is 15.4. The molecule has 22 heavy (non-hydrogen) atoms. The Hall–Kier alpha value is -1.43. The van der Waals surface area contributed by atoms with E-state index in [1.165, 1.54) is 24.2 Å². The van der Waals surface area contributed by atoms with Gasteiger partial charge in [0.1, 0.15) is 0 Å². The molecule has 1 heterocycles. The number of amides is 1. The smallest absolute Gasteiger partial charge is 0.240 e. The van der Waals surface area contributed by atoms with E-state index in [2.05, 4.69) is 15.6 Å². The van der Waals surface area contributed by atoms with Gasteiger partial charge in [-0.25, -0.2) is 4.98 Å². The maximum Gasteiger partial charge on any atom is 0.240 e. The average molecular weight is 336 g/mol. The van der Waals surface area contributed by atoms with Gasteiger partial charge < -0.3 is 10.6 Å². The first-order valence-electron chi connectivity index (χ1n) is 7.39. The number of hydrogen-bond donors (Lipinski definition) is 2. The fraction of sp³-hybridized carbons (Fsp3) is 0.375. The van der Waals surface area contributed by atoms with E-state index in [1.807, 2.05) is 24.3 Å². The van der Waals surface area contributed by atoms with Gasteiger partial charge in [0.25, 0.3) is 0 Å². The molecule has 3 rings (SSSR count). The van der Waals surface area contributed by atoms with Crippen molar-refractivity contribution in [1.29, 1.82) is 0 Å². The lowest BCUT2D eigenvalue weighted by atomic mass is 10.1. The molecule has 1 aromatic carbocycles. The Balaban J connectivity index is 1.50. The molecule has 0 atom stereocenters. The van der Waals surface area contributed by atoms with E-state index in [-0.39, 0.29) is 5.91 Å². The maximum atomic E-state index is 11.8. The van der Waals surface area contributed by atoms with E-state index in [9.17, 15) is 4.79 Å². The van der Waals surface area contributed by atoms with Crippen molar-refractivity contribution in [3.8, 4) is 0 Å². The molecule has 4 nitrogen and oxygen atoms in total. The highest BCUT2D eigenvalue weighted by molar-refractivity contribution is 7.15. The first kappa shape index (κ1) is 15.5. The first-order chi connectivity index (χ1) is 10.7. The van der Waals surface area contributed by atoms with Crippen LogP contribution in [0.25, 0.3) is 0 Å². The van der Waals surface area contributed by atoms with Crippen LogP contribution in [0.15, 0.2) is 30.5 Å². The minimum absolute atomic E-state index is 0.0423. The summed E-state index contributed by atoms with van der Waals surface area (Å²) >= 11 is 7.65. The molecule has 2 N–H and O–H groups in total. The van der Waals surface area contributed by atoms with E-state index >= 15 is 0 Å². The fourth-order valence-corrected chi connectivity index (χ4v) is 3.21. The van der Waals surface area contributed by atoms with Crippen LogP contribution in [0.1, 0.15) is 23.3 Å². The third kappa shape index (κ3) is 4.53. The van der Waals surface area contributed by atoms with Crippen molar-refractivity contribution in [3.63, 3.8) is 0 Å². The Labute approximate surface area is 138 Å². The van der Waals surface area contributed by atoms with E-state index < -0.39 is 0 Å². The second kappa shape index (κ2) is 7.22. The lowest BCUT2D eigenvalue weighted by Crippen LogP contribution is -2.29. The molecule has 1 aliphatic carbocycles. The number of halogens is 1. The van der Waals surface area contributed by atoms with Crippen LogP contribution in [0, 0.1) is 5.92 Å². The predicted molar refractivity (Wildman–Crippen MR) is 90.6 cm³/mol. The van der Waals surface area contributed by atoms with E-state index in [4.69, 9.17) is 11.6 Å². The summed E-state index contributed by atoms with van der Waals surface area (Å²) in [6.45, 7) is 1.28. The molecule has 0 spiro atoms. The number of nitrogens with one attached hydrogen (secondary N) is 2. The Bertz CT molecular complexity index is 654. The van der Waals surface area contributed by atoms with Crippen LogP contribution in [0.3, 0.4) is 0 Å². The zero-order valence-electron chi connectivity index (χ0n) is 12.1. The second-order valence-electron chi connectivity index (χ2n) is 5.52. The summed E-state index contributed by atoms with van der Waals surface area (Å²) in [7, 11) is 0. The SMILES string of the molecule is O=C(CNCC1CC1)Nc1ncc(Cc2ccccc2Cl)s1. The van der Waals surface area contributed by atoms with Gasteiger partial charge in [0.2, 0.25) is 5.91 Å². The second-order valence-corrected chi connectivity index (χ2v) is 7.04. The van der Waals surface area contributed by atoms with E-state index in [0.717, 1.165) is 34.3 Å². The number of thiazole rings is 1. The Morgan fingerprint density at radius 2 is 2.18 bits per heavy atom. The zero-order valence-corrected chi connectivity index (χ0v) is 13.7. The van der Waals surface area contributed by atoms with Gasteiger partial charge >= 0.3 is 0 Å². The standard InChI is InChI=1S/C16H18ClN3OS/c17-14-4-2-1-3-12(14)7-13-9-19-16(22-13)20-15(21)10-18-8-11-5-6-11/h1-4,9,11,18H,5-8,10H2,(H,19,20,21). The minimum atomic E-state index is -0.0423. The number of carbonyl (C=O) groups is 1. The molecular formula is C16H18ClN3OS. The van der Waals surface area contributed by atoms with Crippen molar-refractivity contribution in [2.24, 2.45) is 5.92 Å². The first-order valence-corrected chi connectivity index (χ1v) is 8.59. The summed E-state index contributed by atoms with van der Waals surface area (Å²) in [6, 6.07) is 7.77. The van der Waals surface area contributed by atoms with Crippen LogP contribution in [-0.2, 0) is 11.2 Å². The highest BCUT2D eigenvalue weighted by Gasteiger charge is 2.20. The number of nitrogens with zero attached hydrogens (tertiary/aromatic N) is 1. The normalized spacial score (nSPS) is 14.0. The lowest BCUT2D eigenvalue weighted by molar-refractivity contribution is -0.115. The third-order valence-corrected chi connectivity index (χ3v) is 4.82. The van der Waals surface area contributed by atoms with E-state index in [0.29, 0.717) is 11.7 Å². The Morgan fingerprint density at radius 3 is 2.95 bits per heavy atom. The van der Waals surface area contributed by atoms with Gasteiger partial charge in [0.15, 0.2) is 5.13 Å². The number of hydrogen-bond acceptors (Lipinski definition) is 4. The molecular weight excluding hydrogens is 318 g/mol. The number of anilines is 1. The highest BCUT2D eigenvalue weighted by atomic mass is 35.5. The van der Waals surface area contributed by atoms with Gasteiger partial charge in [-0.15, -0.1) is 11.3 Å². The number of benzene rings is 1. The van der Waals surface area contributed by atoms with Gasteiger partial charge in [-0.05, 0) is 36.9 Å². The Morgan fingerprint density at radius 1 is 1.36 bits per heavy atom. The summed E-state index contributed by atoms with van der Waals surface area (Å²) in [6.07, 6.45) is 5.09. The summed E-state index contributed by atoms with van der Waals surface area (Å²) in [5.74, 6) is 0.731. The molecule has 0 bridgehead atoms. The van der Waals surface area contributed by atoms with Crippen molar-refractivity contribution in [2.45, 2.75) is 19.3 Å². The molecule has 0 saturated heterocycles. The summed E-state index contributed by atoms with van der Waals surface area (Å²) in [5.41, 5.74) is 1.07. The maximum absolute atomic E-state index is 11.8. The molecule has 1 saturated carbocycles. The molecule has 0 radical (unpaired) electrons.